The quantitative estimate of drug-likeness (QED) is 0.774. The molecular weight excluding hydrogens is 247 g/mol. The molecule has 0 bridgehead atoms. The molecule has 1 aromatic carbocycles. The molecule has 0 atom stereocenters. The third-order valence-corrected chi connectivity index (χ3v) is 3.17. The zero-order valence-electron chi connectivity index (χ0n) is 9.59. The number of hydrogen-bond acceptors (Lipinski definition) is 3. The van der Waals surface area contributed by atoms with E-state index in [1.165, 1.54) is 12.1 Å². The molecule has 2 aliphatic heterocycles. The van der Waals surface area contributed by atoms with Crippen LogP contribution in [0, 0.1) is 0 Å². The topological polar surface area (TPSA) is 21.7 Å². The lowest BCUT2D eigenvalue weighted by molar-refractivity contribution is -0.274. The molecule has 0 aromatic heterocycles. The summed E-state index contributed by atoms with van der Waals surface area (Å²) < 4.78 is 46.1. The fourth-order valence-electron chi connectivity index (χ4n) is 2.55. The van der Waals surface area contributed by atoms with E-state index in [1.807, 2.05) is 0 Å². The summed E-state index contributed by atoms with van der Waals surface area (Å²) in [6.07, 6.45) is -2.96. The van der Waals surface area contributed by atoms with Crippen molar-refractivity contribution in [1.82, 2.24) is 0 Å². The van der Waals surface area contributed by atoms with Crippen LogP contribution in [0.2, 0.25) is 0 Å². The van der Waals surface area contributed by atoms with E-state index < -0.39 is 6.36 Å². The van der Waals surface area contributed by atoms with E-state index in [-0.39, 0.29) is 5.75 Å². The van der Waals surface area contributed by atoms with Crippen molar-refractivity contribution < 1.29 is 22.6 Å². The minimum atomic E-state index is -4.66. The smallest absolute Gasteiger partial charge is 0.489 e. The van der Waals surface area contributed by atoms with Gasteiger partial charge in [-0.05, 0) is 24.5 Å². The molecule has 0 unspecified atom stereocenters. The lowest BCUT2D eigenvalue weighted by Crippen LogP contribution is -2.37. The maximum absolute atomic E-state index is 12.2. The molecule has 0 spiro atoms. The predicted molar refractivity (Wildman–Crippen MR) is 59.2 cm³/mol. The normalized spacial score (nSPS) is 18.1. The zero-order valence-corrected chi connectivity index (χ0v) is 9.59. The molecule has 18 heavy (non-hydrogen) atoms. The van der Waals surface area contributed by atoms with Crippen molar-refractivity contribution in [3.05, 3.63) is 17.7 Å². The number of nitrogens with zero attached hydrogens (tertiary/aromatic N) is 1. The van der Waals surface area contributed by atoms with Gasteiger partial charge < -0.3 is 14.4 Å². The van der Waals surface area contributed by atoms with E-state index in [2.05, 4.69) is 9.64 Å². The summed E-state index contributed by atoms with van der Waals surface area (Å²) in [5.74, 6) is 0.303. The van der Waals surface area contributed by atoms with Gasteiger partial charge in [-0.15, -0.1) is 13.2 Å². The largest absolute Gasteiger partial charge is 0.573 e. The first-order chi connectivity index (χ1) is 8.53. The molecule has 0 fully saturated rings. The molecule has 0 saturated heterocycles. The molecule has 2 aliphatic rings. The lowest BCUT2D eigenvalue weighted by Gasteiger charge is -2.36. The lowest BCUT2D eigenvalue weighted by atomic mass is 10.00. The van der Waals surface area contributed by atoms with E-state index >= 15 is 0 Å². The Morgan fingerprint density at radius 1 is 1.22 bits per heavy atom. The number of anilines is 1. The molecule has 3 nitrogen and oxygen atoms in total. The highest BCUT2D eigenvalue weighted by Gasteiger charge is 2.33. The summed E-state index contributed by atoms with van der Waals surface area (Å²) in [6.45, 7) is 2.23. The van der Waals surface area contributed by atoms with Crippen molar-refractivity contribution in [3.63, 3.8) is 0 Å². The maximum atomic E-state index is 12.2. The summed E-state index contributed by atoms with van der Waals surface area (Å²) in [6, 6.07) is 2.79. The summed E-state index contributed by atoms with van der Waals surface area (Å²) in [7, 11) is 0. The standard InChI is InChI=1S/C12H12F3NO2/c13-12(14,15)18-9-6-8-2-1-3-16-4-5-17-10(7-9)11(8)16/h6-7H,1-5H2. The molecular formula is C12H12F3NO2. The number of hydrogen-bond donors (Lipinski definition) is 0. The Bertz CT molecular complexity index is 442. The molecule has 0 aliphatic carbocycles. The molecule has 6 heteroatoms. The van der Waals surface area contributed by atoms with Crippen molar-refractivity contribution >= 4 is 5.69 Å². The van der Waals surface area contributed by atoms with Crippen LogP contribution in [0.3, 0.4) is 0 Å². The first kappa shape index (κ1) is 11.5. The van der Waals surface area contributed by atoms with Gasteiger partial charge in [0, 0.05) is 12.6 Å². The molecule has 0 saturated carbocycles. The summed E-state index contributed by atoms with van der Waals surface area (Å²) in [5.41, 5.74) is 1.81. The number of aryl methyl sites for hydroxylation is 1. The third-order valence-electron chi connectivity index (χ3n) is 3.17. The number of ether oxygens (including phenoxy) is 2. The van der Waals surface area contributed by atoms with Crippen LogP contribution >= 0.6 is 0 Å². The average molecular weight is 259 g/mol. The monoisotopic (exact) mass is 259 g/mol. The second kappa shape index (κ2) is 3.96. The molecule has 98 valence electrons. The number of rotatable bonds is 1. The Morgan fingerprint density at radius 2 is 2.06 bits per heavy atom. The maximum Gasteiger partial charge on any atom is 0.573 e. The van der Waals surface area contributed by atoms with Gasteiger partial charge in [-0.25, -0.2) is 0 Å². The van der Waals surface area contributed by atoms with Gasteiger partial charge in [-0.3, -0.25) is 0 Å². The van der Waals surface area contributed by atoms with Gasteiger partial charge in [0.15, 0.2) is 0 Å². The van der Waals surface area contributed by atoms with Crippen LogP contribution in [0.5, 0.6) is 11.5 Å². The Kier molecular flexibility index (Phi) is 2.53. The Hall–Kier alpha value is -1.59. The molecule has 3 rings (SSSR count). The average Bonchev–Trinajstić information content (AvgIpc) is 2.27. The zero-order chi connectivity index (χ0) is 12.8. The molecule has 0 amide bonds. The fourth-order valence-corrected chi connectivity index (χ4v) is 2.55. The minimum absolute atomic E-state index is 0.194. The van der Waals surface area contributed by atoms with Crippen molar-refractivity contribution in [2.75, 3.05) is 24.6 Å². The molecule has 0 N–H and O–H groups in total. The Morgan fingerprint density at radius 3 is 2.83 bits per heavy atom. The first-order valence-corrected chi connectivity index (χ1v) is 5.83. The highest BCUT2D eigenvalue weighted by molar-refractivity contribution is 5.68. The number of halogens is 3. The summed E-state index contributed by atoms with van der Waals surface area (Å²) >= 11 is 0. The fraction of sp³-hybridized carbons (Fsp3) is 0.500. The number of alkyl halides is 3. The van der Waals surface area contributed by atoms with Gasteiger partial charge in [-0.2, -0.15) is 0 Å². The van der Waals surface area contributed by atoms with Gasteiger partial charge in [0.25, 0.3) is 0 Å². The SMILES string of the molecule is FC(F)(F)Oc1cc2c3c(c1)OCCN3CCC2. The highest BCUT2D eigenvalue weighted by atomic mass is 19.4. The van der Waals surface area contributed by atoms with Crippen molar-refractivity contribution in [1.29, 1.82) is 0 Å². The summed E-state index contributed by atoms with van der Waals surface area (Å²) in [4.78, 5) is 2.16. The van der Waals surface area contributed by atoms with Crippen molar-refractivity contribution in [3.8, 4) is 11.5 Å². The van der Waals surface area contributed by atoms with E-state index in [0.29, 0.717) is 12.4 Å². The van der Waals surface area contributed by atoms with Gasteiger partial charge in [0.2, 0.25) is 0 Å². The Balaban J connectivity index is 2.01. The molecule has 1 aromatic rings. The highest BCUT2D eigenvalue weighted by Crippen LogP contribution is 2.42. The second-order valence-corrected chi connectivity index (χ2v) is 4.42. The van der Waals surface area contributed by atoms with E-state index in [9.17, 15) is 13.2 Å². The van der Waals surface area contributed by atoms with Gasteiger partial charge >= 0.3 is 6.36 Å². The van der Waals surface area contributed by atoms with Crippen LogP contribution in [-0.2, 0) is 6.42 Å². The van der Waals surface area contributed by atoms with Crippen molar-refractivity contribution in [2.45, 2.75) is 19.2 Å². The van der Waals surface area contributed by atoms with Crippen molar-refractivity contribution in [2.24, 2.45) is 0 Å². The van der Waals surface area contributed by atoms with E-state index in [1.54, 1.807) is 0 Å². The molecule has 0 radical (unpaired) electrons. The minimum Gasteiger partial charge on any atom is -0.489 e. The van der Waals surface area contributed by atoms with E-state index in [4.69, 9.17) is 4.74 Å². The number of benzene rings is 1. The van der Waals surface area contributed by atoms with Gasteiger partial charge in [0.1, 0.15) is 18.1 Å². The van der Waals surface area contributed by atoms with E-state index in [0.717, 1.165) is 37.2 Å². The summed E-state index contributed by atoms with van der Waals surface area (Å²) in [5, 5.41) is 0. The van der Waals surface area contributed by atoms with Crippen LogP contribution < -0.4 is 14.4 Å². The second-order valence-electron chi connectivity index (χ2n) is 4.42. The van der Waals surface area contributed by atoms with Crippen LogP contribution in [0.25, 0.3) is 0 Å². The van der Waals surface area contributed by atoms with Crippen LogP contribution in [0.15, 0.2) is 12.1 Å². The van der Waals surface area contributed by atoms with Gasteiger partial charge in [-0.1, -0.05) is 0 Å². The van der Waals surface area contributed by atoms with Crippen LogP contribution in [0.1, 0.15) is 12.0 Å². The van der Waals surface area contributed by atoms with Gasteiger partial charge in [0.05, 0.1) is 12.2 Å². The third kappa shape index (κ3) is 2.07. The Labute approximate surface area is 102 Å². The first-order valence-electron chi connectivity index (χ1n) is 5.83. The predicted octanol–water partition coefficient (Wildman–Crippen LogP) is 2.73. The molecule has 2 heterocycles. The van der Waals surface area contributed by atoms with Crippen LogP contribution in [0.4, 0.5) is 18.9 Å². The van der Waals surface area contributed by atoms with Crippen LogP contribution in [-0.4, -0.2) is 26.1 Å².